The van der Waals surface area contributed by atoms with Crippen molar-refractivity contribution in [3.8, 4) is 0 Å². The van der Waals surface area contributed by atoms with Gasteiger partial charge in [0.2, 0.25) is 0 Å². The minimum absolute atomic E-state index is 0.0450. The van der Waals surface area contributed by atoms with Gasteiger partial charge < -0.3 is 20.2 Å². The van der Waals surface area contributed by atoms with E-state index in [1.54, 1.807) is 0 Å². The Hall–Kier alpha value is -1.51. The SMILES string of the molecule is C[C@H](CCC(=O)ON1C(=O)CCC1=O)C1CCC2[C@@H]3C(C[C@@H](O)C21C)C1(C)CC[C@@H](O)C[C@H]1C[C@@H]3O. The Morgan fingerprint density at radius 3 is 2.42 bits per heavy atom. The molecule has 0 aromatic rings. The molecule has 4 aliphatic carbocycles. The predicted octanol–water partition coefficient (Wildman–Crippen LogP) is 2.97. The lowest BCUT2D eigenvalue weighted by molar-refractivity contribution is -0.207. The lowest BCUT2D eigenvalue weighted by Gasteiger charge is -2.63. The van der Waals surface area contributed by atoms with E-state index in [2.05, 4.69) is 20.8 Å². The average molecular weight is 506 g/mol. The maximum atomic E-state index is 12.4. The number of imide groups is 1. The first kappa shape index (κ1) is 26.1. The molecule has 11 atom stereocenters. The molecule has 0 spiro atoms. The fraction of sp³-hybridized carbons (Fsp3) is 0.893. The van der Waals surface area contributed by atoms with Crippen molar-refractivity contribution in [2.75, 3.05) is 0 Å². The van der Waals surface area contributed by atoms with Gasteiger partial charge in [-0.05, 0) is 97.7 Å². The number of hydrogen-bond acceptors (Lipinski definition) is 7. The third-order valence-electron chi connectivity index (χ3n) is 11.5. The van der Waals surface area contributed by atoms with Crippen LogP contribution in [0.4, 0.5) is 0 Å². The van der Waals surface area contributed by atoms with E-state index in [0.29, 0.717) is 23.8 Å². The number of fused-ring (bicyclic) bond motifs is 5. The summed E-state index contributed by atoms with van der Waals surface area (Å²) in [5.74, 6) is -0.213. The van der Waals surface area contributed by atoms with Crippen molar-refractivity contribution in [1.82, 2.24) is 5.06 Å². The highest BCUT2D eigenvalue weighted by atomic mass is 16.7. The number of carbonyl (C=O) groups excluding carboxylic acids is 3. The van der Waals surface area contributed by atoms with Crippen LogP contribution in [-0.2, 0) is 19.2 Å². The summed E-state index contributed by atoms with van der Waals surface area (Å²) in [5, 5.41) is 33.9. The zero-order valence-corrected chi connectivity index (χ0v) is 21.9. The average Bonchev–Trinajstić information content (AvgIpc) is 3.34. The van der Waals surface area contributed by atoms with Gasteiger partial charge in [-0.2, -0.15) is 0 Å². The Kier molecular flexibility index (Phi) is 6.78. The molecular formula is C28H43NO7. The van der Waals surface area contributed by atoms with E-state index in [9.17, 15) is 29.7 Å². The molecule has 0 bridgehead atoms. The zero-order chi connectivity index (χ0) is 26.0. The van der Waals surface area contributed by atoms with Crippen LogP contribution in [0.5, 0.6) is 0 Å². The van der Waals surface area contributed by atoms with Crippen molar-refractivity contribution in [3.05, 3.63) is 0 Å². The zero-order valence-electron chi connectivity index (χ0n) is 21.9. The second-order valence-electron chi connectivity index (χ2n) is 13.1. The van der Waals surface area contributed by atoms with Crippen molar-refractivity contribution < 1.29 is 34.5 Å². The number of rotatable bonds is 5. The van der Waals surface area contributed by atoms with E-state index in [1.165, 1.54) is 0 Å². The van der Waals surface area contributed by atoms with E-state index in [1.807, 2.05) is 0 Å². The molecule has 202 valence electrons. The number of hydrogen-bond donors (Lipinski definition) is 3. The number of aliphatic hydroxyl groups is 3. The molecule has 5 aliphatic rings. The molecule has 5 rings (SSSR count). The molecule has 1 heterocycles. The van der Waals surface area contributed by atoms with Crippen molar-refractivity contribution in [1.29, 1.82) is 0 Å². The Labute approximate surface area is 213 Å². The van der Waals surface area contributed by atoms with Gasteiger partial charge in [-0.3, -0.25) is 9.59 Å². The molecule has 3 N–H and O–H groups in total. The monoisotopic (exact) mass is 505 g/mol. The number of aliphatic hydroxyl groups excluding tert-OH is 3. The summed E-state index contributed by atoms with van der Waals surface area (Å²) < 4.78 is 0. The largest absolute Gasteiger partial charge is 0.393 e. The van der Waals surface area contributed by atoms with E-state index in [4.69, 9.17) is 4.84 Å². The van der Waals surface area contributed by atoms with Gasteiger partial charge in [0.1, 0.15) is 0 Å². The Morgan fingerprint density at radius 2 is 1.72 bits per heavy atom. The lowest BCUT2D eigenvalue weighted by atomic mass is 9.43. The molecule has 0 radical (unpaired) electrons. The molecular weight excluding hydrogens is 462 g/mol. The first-order chi connectivity index (χ1) is 17.0. The first-order valence-corrected chi connectivity index (χ1v) is 14.1. The minimum atomic E-state index is -0.574. The second kappa shape index (κ2) is 9.35. The van der Waals surface area contributed by atoms with Crippen LogP contribution in [-0.4, -0.2) is 56.5 Å². The minimum Gasteiger partial charge on any atom is -0.393 e. The Bertz CT molecular complexity index is 892. The molecule has 8 nitrogen and oxygen atoms in total. The van der Waals surface area contributed by atoms with Gasteiger partial charge in [0.15, 0.2) is 0 Å². The number of carbonyl (C=O) groups is 3. The van der Waals surface area contributed by atoms with Crippen molar-refractivity contribution in [2.45, 2.75) is 110 Å². The van der Waals surface area contributed by atoms with E-state index < -0.39 is 30.0 Å². The summed E-state index contributed by atoms with van der Waals surface area (Å²) in [6.07, 6.45) is 5.50. The highest BCUT2D eigenvalue weighted by Crippen LogP contribution is 2.68. The molecule has 2 amide bonds. The standard InChI is InChI=1S/C28H43NO7/c1-15(4-9-25(35)36-29-23(33)7-8-24(29)34)18-5-6-19-26-20(14-22(32)28(18,19)3)27(2)11-10-17(30)12-16(27)13-21(26)31/h15-22,26,30-32H,4-14H2,1-3H3/t15-,16+,17-,18?,19?,20?,21+,22-,26-,27?,28?/m1/s1. The quantitative estimate of drug-likeness (QED) is 0.491. The van der Waals surface area contributed by atoms with Crippen LogP contribution in [0, 0.1) is 46.3 Å². The van der Waals surface area contributed by atoms with Crippen LogP contribution >= 0.6 is 0 Å². The normalized spacial score (nSPS) is 47.2. The Balaban J connectivity index is 1.27. The number of amides is 2. The van der Waals surface area contributed by atoms with Gasteiger partial charge in [-0.25, -0.2) is 4.79 Å². The molecule has 4 saturated carbocycles. The maximum absolute atomic E-state index is 12.4. The van der Waals surface area contributed by atoms with E-state index in [-0.39, 0.29) is 65.8 Å². The van der Waals surface area contributed by atoms with E-state index in [0.717, 1.165) is 38.5 Å². The van der Waals surface area contributed by atoms with Gasteiger partial charge in [0.25, 0.3) is 11.8 Å². The molecule has 1 saturated heterocycles. The fourth-order valence-corrected chi connectivity index (χ4v) is 9.48. The van der Waals surface area contributed by atoms with Crippen molar-refractivity contribution >= 4 is 17.8 Å². The summed E-state index contributed by atoms with van der Waals surface area (Å²) in [4.78, 5) is 40.9. The molecule has 0 aromatic carbocycles. The topological polar surface area (TPSA) is 124 Å². The summed E-state index contributed by atoms with van der Waals surface area (Å²) in [5.41, 5.74) is -0.285. The van der Waals surface area contributed by atoms with Crippen LogP contribution in [0.3, 0.4) is 0 Å². The Morgan fingerprint density at radius 1 is 1.03 bits per heavy atom. The first-order valence-electron chi connectivity index (χ1n) is 14.1. The molecule has 0 aromatic heterocycles. The lowest BCUT2D eigenvalue weighted by Crippen LogP contribution is -2.62. The summed E-state index contributed by atoms with van der Waals surface area (Å²) in [7, 11) is 0. The van der Waals surface area contributed by atoms with Gasteiger partial charge in [0, 0.05) is 19.3 Å². The van der Waals surface area contributed by atoms with Gasteiger partial charge in [0.05, 0.1) is 18.3 Å². The molecule has 5 unspecified atom stereocenters. The van der Waals surface area contributed by atoms with Gasteiger partial charge in [-0.15, -0.1) is 5.06 Å². The molecule has 36 heavy (non-hydrogen) atoms. The van der Waals surface area contributed by atoms with E-state index >= 15 is 0 Å². The van der Waals surface area contributed by atoms with Crippen molar-refractivity contribution in [3.63, 3.8) is 0 Å². The van der Waals surface area contributed by atoms with Gasteiger partial charge >= 0.3 is 5.97 Å². The summed E-state index contributed by atoms with van der Waals surface area (Å²) in [6, 6.07) is 0. The third-order valence-corrected chi connectivity index (χ3v) is 11.5. The predicted molar refractivity (Wildman–Crippen MR) is 130 cm³/mol. The van der Waals surface area contributed by atoms with Crippen LogP contribution < -0.4 is 0 Å². The van der Waals surface area contributed by atoms with Crippen LogP contribution in [0.15, 0.2) is 0 Å². The number of hydroxylamine groups is 2. The second-order valence-corrected chi connectivity index (χ2v) is 13.1. The molecule has 5 fully saturated rings. The highest BCUT2D eigenvalue weighted by molar-refractivity contribution is 6.01. The molecule has 1 aliphatic heterocycles. The smallest absolute Gasteiger partial charge is 0.333 e. The fourth-order valence-electron chi connectivity index (χ4n) is 9.48. The summed E-state index contributed by atoms with van der Waals surface area (Å²) in [6.45, 7) is 6.64. The van der Waals surface area contributed by atoms with Crippen LogP contribution in [0.1, 0.15) is 91.4 Å². The third kappa shape index (κ3) is 4.02. The highest BCUT2D eigenvalue weighted by Gasteiger charge is 2.65. The summed E-state index contributed by atoms with van der Waals surface area (Å²) >= 11 is 0. The number of nitrogens with zero attached hydrogens (tertiary/aromatic N) is 1. The van der Waals surface area contributed by atoms with Crippen molar-refractivity contribution in [2.24, 2.45) is 46.3 Å². The molecule has 8 heteroatoms. The van der Waals surface area contributed by atoms with Crippen LogP contribution in [0.2, 0.25) is 0 Å². The van der Waals surface area contributed by atoms with Gasteiger partial charge in [-0.1, -0.05) is 20.8 Å². The maximum Gasteiger partial charge on any atom is 0.333 e. The van der Waals surface area contributed by atoms with Crippen LogP contribution in [0.25, 0.3) is 0 Å².